The Morgan fingerprint density at radius 2 is 0.898 bits per heavy atom. The summed E-state index contributed by atoms with van der Waals surface area (Å²) in [4.78, 5) is 34.9. The Bertz CT molecular complexity index is 1110. The van der Waals surface area contributed by atoms with Crippen LogP contribution in [0.25, 0.3) is 0 Å². The minimum Gasteiger partial charge on any atom is -0.462 e. The van der Waals surface area contributed by atoms with Crippen LogP contribution in [0.1, 0.15) is 219 Å². The van der Waals surface area contributed by atoms with Crippen molar-refractivity contribution in [2.75, 3.05) is 26.4 Å². The Labute approximate surface area is 362 Å². The summed E-state index contributed by atoms with van der Waals surface area (Å²) in [5.41, 5.74) is 5.36. The van der Waals surface area contributed by atoms with Gasteiger partial charge in [0.25, 0.3) is 0 Å². The molecule has 0 rings (SSSR count). The summed E-state index contributed by atoms with van der Waals surface area (Å²) in [5, 5.41) is 0. The zero-order chi connectivity index (χ0) is 43.2. The van der Waals surface area contributed by atoms with Gasteiger partial charge < -0.3 is 20.1 Å². The highest BCUT2D eigenvalue weighted by Gasteiger charge is 2.26. The molecule has 59 heavy (non-hydrogen) atoms. The first-order valence-corrected chi connectivity index (χ1v) is 25.6. The van der Waals surface area contributed by atoms with Gasteiger partial charge in [0.1, 0.15) is 6.61 Å². The minimum absolute atomic E-state index is 0.0461. The van der Waals surface area contributed by atoms with E-state index in [0.717, 1.165) is 44.9 Å². The van der Waals surface area contributed by atoms with Gasteiger partial charge in [-0.15, -0.1) is 0 Å². The number of rotatable bonds is 45. The summed E-state index contributed by atoms with van der Waals surface area (Å²) < 4.78 is 32.8. The molecule has 0 aromatic carbocycles. The van der Waals surface area contributed by atoms with Gasteiger partial charge in [0.2, 0.25) is 0 Å². The molecule has 0 aliphatic heterocycles. The fourth-order valence-corrected chi connectivity index (χ4v) is 7.39. The predicted molar refractivity (Wildman–Crippen MR) is 247 cm³/mol. The molecule has 9 nitrogen and oxygen atoms in total. The van der Waals surface area contributed by atoms with Crippen molar-refractivity contribution in [2.24, 2.45) is 5.73 Å². The molecule has 0 bridgehead atoms. The average Bonchev–Trinajstić information content (AvgIpc) is 3.22. The van der Waals surface area contributed by atoms with Gasteiger partial charge in [0.15, 0.2) is 6.10 Å². The lowest BCUT2D eigenvalue weighted by atomic mass is 10.0. The van der Waals surface area contributed by atoms with Gasteiger partial charge in [-0.3, -0.25) is 18.6 Å². The molecule has 0 aliphatic rings. The van der Waals surface area contributed by atoms with Gasteiger partial charge in [-0.1, -0.05) is 204 Å². The highest BCUT2D eigenvalue weighted by atomic mass is 31.2. The first kappa shape index (κ1) is 57.0. The molecule has 0 spiro atoms. The molecule has 0 radical (unpaired) electrons. The largest absolute Gasteiger partial charge is 0.472 e. The second kappa shape index (κ2) is 45.5. The van der Waals surface area contributed by atoms with Gasteiger partial charge in [-0.25, -0.2) is 4.57 Å². The number of phosphoric ester groups is 1. The van der Waals surface area contributed by atoms with Crippen LogP contribution in [0.5, 0.6) is 0 Å². The highest BCUT2D eigenvalue weighted by molar-refractivity contribution is 7.47. The van der Waals surface area contributed by atoms with Gasteiger partial charge in [-0.2, -0.15) is 0 Å². The van der Waals surface area contributed by atoms with E-state index in [2.05, 4.69) is 62.5 Å². The van der Waals surface area contributed by atoms with Crippen LogP contribution < -0.4 is 5.73 Å². The van der Waals surface area contributed by atoms with E-state index >= 15 is 0 Å². The van der Waals surface area contributed by atoms with Crippen molar-refractivity contribution in [2.45, 2.75) is 225 Å². The van der Waals surface area contributed by atoms with Crippen LogP contribution in [0.3, 0.4) is 0 Å². The van der Waals surface area contributed by atoms with E-state index in [1.807, 2.05) is 0 Å². The molecule has 2 atom stereocenters. The SMILES string of the molecule is CCCCCC=CCC=CCC=CCC=CCCCC(=O)OC[C@H](COP(=O)(O)OCCN)OC(=O)CCCCCCCCCCCCCCCCCCCCCCC. The van der Waals surface area contributed by atoms with Gasteiger partial charge in [0, 0.05) is 19.4 Å². The van der Waals surface area contributed by atoms with Crippen molar-refractivity contribution in [1.29, 1.82) is 0 Å². The van der Waals surface area contributed by atoms with Crippen molar-refractivity contribution >= 4 is 19.8 Å². The number of allylic oxidation sites excluding steroid dienone is 8. The summed E-state index contributed by atoms with van der Waals surface area (Å²) >= 11 is 0. The zero-order valence-electron chi connectivity index (χ0n) is 38.0. The minimum atomic E-state index is -4.39. The maximum Gasteiger partial charge on any atom is 0.472 e. The average molecular weight is 852 g/mol. The number of unbranched alkanes of at least 4 members (excludes halogenated alkanes) is 24. The maximum absolute atomic E-state index is 12.6. The summed E-state index contributed by atoms with van der Waals surface area (Å²) in [6.45, 7) is 3.67. The Hall–Kier alpha value is -2.03. The van der Waals surface area contributed by atoms with Crippen molar-refractivity contribution in [3.63, 3.8) is 0 Å². The Morgan fingerprint density at radius 1 is 0.508 bits per heavy atom. The Balaban J connectivity index is 4.13. The molecule has 0 saturated heterocycles. The Kier molecular flexibility index (Phi) is 43.9. The Morgan fingerprint density at radius 3 is 1.36 bits per heavy atom. The van der Waals surface area contributed by atoms with Crippen LogP contribution in [0.15, 0.2) is 48.6 Å². The van der Waals surface area contributed by atoms with Gasteiger partial charge >= 0.3 is 19.8 Å². The molecule has 10 heteroatoms. The third-order valence-corrected chi connectivity index (χ3v) is 11.2. The highest BCUT2D eigenvalue weighted by Crippen LogP contribution is 2.43. The van der Waals surface area contributed by atoms with Crippen molar-refractivity contribution in [1.82, 2.24) is 0 Å². The molecule has 0 amide bonds. The molecule has 0 fully saturated rings. The first-order chi connectivity index (χ1) is 28.8. The van der Waals surface area contributed by atoms with Gasteiger partial charge in [-0.05, 0) is 51.4 Å². The molecule has 0 aromatic rings. The lowest BCUT2D eigenvalue weighted by molar-refractivity contribution is -0.161. The summed E-state index contributed by atoms with van der Waals surface area (Å²) in [6, 6.07) is 0. The fraction of sp³-hybridized carbons (Fsp3) is 0.796. The second-order valence-corrected chi connectivity index (χ2v) is 17.4. The molecule has 0 saturated carbocycles. The van der Waals surface area contributed by atoms with Crippen LogP contribution in [-0.2, 0) is 32.7 Å². The monoisotopic (exact) mass is 852 g/mol. The molecule has 3 N–H and O–H groups in total. The number of phosphoric acid groups is 1. The summed E-state index contributed by atoms with van der Waals surface area (Å²) in [7, 11) is -4.39. The van der Waals surface area contributed by atoms with Crippen LogP contribution in [0, 0.1) is 0 Å². The topological polar surface area (TPSA) is 134 Å². The zero-order valence-corrected chi connectivity index (χ0v) is 38.9. The van der Waals surface area contributed by atoms with Crippen molar-refractivity contribution in [3.05, 3.63) is 48.6 Å². The predicted octanol–water partition coefficient (Wildman–Crippen LogP) is 14.3. The molecular weight excluding hydrogens is 762 g/mol. The standard InChI is InChI=1S/C49H90NO8P/c1-3-5-7-9-11-13-15-17-19-21-22-23-24-26-28-30-32-34-36-38-40-42-49(52)58-47(46-57-59(53,54)56-44-43-50)45-55-48(51)41-39-37-35-33-31-29-27-25-20-18-16-14-12-10-8-6-4-2/h12,14,18,20,27,29,33,35,47H,3-11,13,15-17,19,21-26,28,30-32,34,36-46,50H2,1-2H3,(H,53,54)/t47-/m1/s1. The van der Waals surface area contributed by atoms with Crippen molar-refractivity contribution in [3.8, 4) is 0 Å². The quantitative estimate of drug-likeness (QED) is 0.0266. The van der Waals surface area contributed by atoms with E-state index in [0.29, 0.717) is 12.8 Å². The number of hydrogen-bond acceptors (Lipinski definition) is 8. The molecular formula is C49H90NO8P. The van der Waals surface area contributed by atoms with Gasteiger partial charge in [0.05, 0.1) is 13.2 Å². The number of ether oxygens (including phenoxy) is 2. The van der Waals surface area contributed by atoms with E-state index < -0.39 is 32.5 Å². The van der Waals surface area contributed by atoms with Crippen LogP contribution >= 0.6 is 7.82 Å². The third kappa shape index (κ3) is 45.3. The summed E-state index contributed by atoms with van der Waals surface area (Å²) in [5.74, 6) is -0.888. The van der Waals surface area contributed by atoms with E-state index in [1.54, 1.807) is 0 Å². The number of esters is 2. The molecule has 0 heterocycles. The molecule has 344 valence electrons. The van der Waals surface area contributed by atoms with E-state index in [4.69, 9.17) is 24.3 Å². The smallest absolute Gasteiger partial charge is 0.462 e. The normalized spacial score (nSPS) is 13.6. The maximum atomic E-state index is 12.6. The van der Waals surface area contributed by atoms with Crippen LogP contribution in [0.4, 0.5) is 0 Å². The lowest BCUT2D eigenvalue weighted by Gasteiger charge is -2.19. The van der Waals surface area contributed by atoms with Crippen LogP contribution in [-0.4, -0.2) is 49.3 Å². The third-order valence-electron chi connectivity index (χ3n) is 10.2. The van der Waals surface area contributed by atoms with Crippen molar-refractivity contribution < 1.29 is 37.6 Å². The number of hydrogen-bond donors (Lipinski definition) is 2. The molecule has 0 aliphatic carbocycles. The lowest BCUT2D eigenvalue weighted by Crippen LogP contribution is -2.29. The van der Waals surface area contributed by atoms with E-state index in [9.17, 15) is 19.0 Å². The summed E-state index contributed by atoms with van der Waals surface area (Å²) in [6.07, 6.45) is 53.0. The molecule has 1 unspecified atom stereocenters. The second-order valence-electron chi connectivity index (χ2n) is 16.0. The van der Waals surface area contributed by atoms with E-state index in [-0.39, 0.29) is 32.6 Å². The molecule has 0 aromatic heterocycles. The number of carbonyl (C=O) groups excluding carboxylic acids is 2. The van der Waals surface area contributed by atoms with Crippen LogP contribution in [0.2, 0.25) is 0 Å². The fourth-order valence-electron chi connectivity index (χ4n) is 6.63. The number of carbonyl (C=O) groups is 2. The first-order valence-electron chi connectivity index (χ1n) is 24.1. The number of nitrogens with two attached hydrogens (primary N) is 1. The van der Waals surface area contributed by atoms with E-state index in [1.165, 1.54) is 135 Å².